The fraction of sp³-hybridized carbons (Fsp3) is 1.00. The molecule has 2 aliphatic heterocycles. The average Bonchev–Trinajstić information content (AvgIpc) is 2.60. The van der Waals surface area contributed by atoms with Crippen LogP contribution in [0, 0.1) is 0 Å². The first-order valence-corrected chi connectivity index (χ1v) is 5.28. The number of alkyl halides is 1. The predicted octanol–water partition coefficient (Wildman–Crippen LogP) is 0.657. The number of halogens is 1. The number of aliphatic hydroxyl groups is 2. The highest BCUT2D eigenvalue weighted by molar-refractivity contribution is 6.21. The normalized spacial score (nSPS) is 51.5. The molecular formula is C9H15ClO3. The monoisotopic (exact) mass is 206 g/mol. The van der Waals surface area contributed by atoms with E-state index in [0.29, 0.717) is 6.42 Å². The molecule has 2 bridgehead atoms. The lowest BCUT2D eigenvalue weighted by Gasteiger charge is -2.28. The Bertz CT molecular complexity index is 188. The summed E-state index contributed by atoms with van der Waals surface area (Å²) in [7, 11) is 0. The summed E-state index contributed by atoms with van der Waals surface area (Å²) in [5.74, 6) is 0. The van der Waals surface area contributed by atoms with Gasteiger partial charge in [0.05, 0.1) is 23.7 Å². The highest BCUT2D eigenvalue weighted by atomic mass is 35.5. The molecule has 0 saturated carbocycles. The maximum atomic E-state index is 9.64. The summed E-state index contributed by atoms with van der Waals surface area (Å²) in [4.78, 5) is 0. The second kappa shape index (κ2) is 3.73. The standard InChI is InChI=1S/C9H15ClO3/c10-5-1-2-6(11)9(12)8-4-3-7(5)13-8/h5-9,11-12H,1-4H2. The van der Waals surface area contributed by atoms with Gasteiger partial charge in [-0.05, 0) is 25.7 Å². The summed E-state index contributed by atoms with van der Waals surface area (Å²) in [6, 6.07) is 0. The van der Waals surface area contributed by atoms with Gasteiger partial charge in [0.2, 0.25) is 0 Å². The van der Waals surface area contributed by atoms with Gasteiger partial charge in [-0.15, -0.1) is 11.6 Å². The van der Waals surface area contributed by atoms with E-state index in [4.69, 9.17) is 16.3 Å². The molecule has 0 aromatic heterocycles. The first-order chi connectivity index (χ1) is 6.18. The van der Waals surface area contributed by atoms with E-state index >= 15 is 0 Å². The minimum absolute atomic E-state index is 0.00727. The van der Waals surface area contributed by atoms with Gasteiger partial charge in [-0.3, -0.25) is 0 Å². The molecule has 2 N–H and O–H groups in total. The average molecular weight is 207 g/mol. The molecule has 0 radical (unpaired) electrons. The van der Waals surface area contributed by atoms with Crippen molar-refractivity contribution in [3.63, 3.8) is 0 Å². The fourth-order valence-corrected chi connectivity index (χ4v) is 2.45. The molecule has 0 amide bonds. The van der Waals surface area contributed by atoms with Crippen molar-refractivity contribution >= 4 is 11.6 Å². The van der Waals surface area contributed by atoms with E-state index in [1.54, 1.807) is 0 Å². The molecule has 5 atom stereocenters. The molecule has 0 aromatic carbocycles. The van der Waals surface area contributed by atoms with Crippen molar-refractivity contribution in [2.24, 2.45) is 0 Å². The minimum Gasteiger partial charge on any atom is -0.390 e. The van der Waals surface area contributed by atoms with Crippen molar-refractivity contribution < 1.29 is 14.9 Å². The molecule has 5 unspecified atom stereocenters. The van der Waals surface area contributed by atoms with Crippen molar-refractivity contribution in [1.82, 2.24) is 0 Å². The molecule has 0 spiro atoms. The summed E-state index contributed by atoms with van der Waals surface area (Å²) in [5.41, 5.74) is 0. The maximum absolute atomic E-state index is 9.64. The molecule has 3 nitrogen and oxygen atoms in total. The zero-order chi connectivity index (χ0) is 9.42. The Hall–Kier alpha value is 0.170. The smallest absolute Gasteiger partial charge is 0.106 e. The van der Waals surface area contributed by atoms with E-state index < -0.39 is 12.2 Å². The van der Waals surface area contributed by atoms with Gasteiger partial charge in [-0.2, -0.15) is 0 Å². The van der Waals surface area contributed by atoms with Crippen molar-refractivity contribution in [3.8, 4) is 0 Å². The second-order valence-corrected chi connectivity index (χ2v) is 4.50. The highest BCUT2D eigenvalue weighted by Gasteiger charge is 2.39. The summed E-state index contributed by atoms with van der Waals surface area (Å²) < 4.78 is 5.56. The van der Waals surface area contributed by atoms with Crippen LogP contribution < -0.4 is 0 Å². The fourth-order valence-electron chi connectivity index (χ4n) is 2.14. The molecule has 76 valence electrons. The van der Waals surface area contributed by atoms with Gasteiger partial charge in [0.25, 0.3) is 0 Å². The van der Waals surface area contributed by atoms with Crippen LogP contribution in [0.5, 0.6) is 0 Å². The van der Waals surface area contributed by atoms with Crippen LogP contribution in [0.25, 0.3) is 0 Å². The topological polar surface area (TPSA) is 49.7 Å². The van der Waals surface area contributed by atoms with Crippen molar-refractivity contribution in [1.29, 1.82) is 0 Å². The molecule has 0 aliphatic carbocycles. The van der Waals surface area contributed by atoms with Crippen LogP contribution in [0.15, 0.2) is 0 Å². The van der Waals surface area contributed by atoms with Crippen LogP contribution in [0.2, 0.25) is 0 Å². The third-order valence-corrected chi connectivity index (χ3v) is 3.50. The third kappa shape index (κ3) is 1.84. The molecule has 2 saturated heterocycles. The van der Waals surface area contributed by atoms with Crippen molar-refractivity contribution in [2.75, 3.05) is 0 Å². The van der Waals surface area contributed by atoms with Crippen molar-refractivity contribution in [2.45, 2.75) is 55.5 Å². The molecule has 13 heavy (non-hydrogen) atoms. The zero-order valence-electron chi connectivity index (χ0n) is 7.40. The van der Waals surface area contributed by atoms with Crippen LogP contribution in [0.4, 0.5) is 0 Å². The van der Waals surface area contributed by atoms with E-state index in [1.165, 1.54) is 0 Å². The molecule has 2 aliphatic rings. The van der Waals surface area contributed by atoms with E-state index in [-0.39, 0.29) is 17.6 Å². The van der Waals surface area contributed by atoms with Gasteiger partial charge >= 0.3 is 0 Å². The van der Waals surface area contributed by atoms with Crippen molar-refractivity contribution in [3.05, 3.63) is 0 Å². The summed E-state index contributed by atoms with van der Waals surface area (Å²) in [6.07, 6.45) is 1.48. The molecular weight excluding hydrogens is 192 g/mol. The second-order valence-electron chi connectivity index (χ2n) is 3.94. The van der Waals surface area contributed by atoms with Gasteiger partial charge in [0.1, 0.15) is 6.10 Å². The quantitative estimate of drug-likeness (QED) is 0.573. The van der Waals surface area contributed by atoms with Gasteiger partial charge in [-0.1, -0.05) is 0 Å². The zero-order valence-corrected chi connectivity index (χ0v) is 8.15. The Morgan fingerprint density at radius 2 is 1.69 bits per heavy atom. The third-order valence-electron chi connectivity index (χ3n) is 3.00. The van der Waals surface area contributed by atoms with Crippen LogP contribution in [0.1, 0.15) is 25.7 Å². The molecule has 2 fully saturated rings. The number of aliphatic hydroxyl groups excluding tert-OH is 2. The number of fused-ring (bicyclic) bond motifs is 2. The Labute approximate surface area is 82.7 Å². The van der Waals surface area contributed by atoms with Gasteiger partial charge in [0.15, 0.2) is 0 Å². The first kappa shape index (κ1) is 9.71. The number of rotatable bonds is 0. The predicted molar refractivity (Wildman–Crippen MR) is 48.8 cm³/mol. The summed E-state index contributed by atoms with van der Waals surface area (Å²) in [5, 5.41) is 19.2. The van der Waals surface area contributed by atoms with Crippen LogP contribution >= 0.6 is 11.6 Å². The lowest BCUT2D eigenvalue weighted by Crippen LogP contribution is -2.40. The molecule has 0 aromatic rings. The summed E-state index contributed by atoms with van der Waals surface area (Å²) in [6.45, 7) is 0. The lowest BCUT2D eigenvalue weighted by molar-refractivity contribution is -0.0984. The number of ether oxygens (including phenoxy) is 1. The Balaban J connectivity index is 2.07. The van der Waals surface area contributed by atoms with Gasteiger partial charge in [0, 0.05) is 0 Å². The van der Waals surface area contributed by atoms with E-state index in [1.807, 2.05) is 0 Å². The highest BCUT2D eigenvalue weighted by Crippen LogP contribution is 2.33. The lowest BCUT2D eigenvalue weighted by atomic mass is 10.0. The van der Waals surface area contributed by atoms with E-state index in [9.17, 15) is 10.2 Å². The summed E-state index contributed by atoms with van der Waals surface area (Å²) >= 11 is 6.08. The molecule has 2 rings (SSSR count). The van der Waals surface area contributed by atoms with Gasteiger partial charge < -0.3 is 14.9 Å². The van der Waals surface area contributed by atoms with E-state index in [0.717, 1.165) is 19.3 Å². The van der Waals surface area contributed by atoms with Crippen LogP contribution in [0.3, 0.4) is 0 Å². The largest absolute Gasteiger partial charge is 0.390 e. The van der Waals surface area contributed by atoms with E-state index in [2.05, 4.69) is 0 Å². The Kier molecular flexibility index (Phi) is 2.79. The minimum atomic E-state index is -0.728. The first-order valence-electron chi connectivity index (χ1n) is 4.84. The molecule has 4 heteroatoms. The number of hydrogen-bond acceptors (Lipinski definition) is 3. The molecule has 2 heterocycles. The Morgan fingerprint density at radius 1 is 1.00 bits per heavy atom. The van der Waals surface area contributed by atoms with Crippen LogP contribution in [-0.2, 0) is 4.74 Å². The number of hydrogen-bond donors (Lipinski definition) is 2. The SMILES string of the molecule is OC1CCC(Cl)C2CCC(O2)C1O. The van der Waals surface area contributed by atoms with Crippen LogP contribution in [-0.4, -0.2) is 40.0 Å². The Morgan fingerprint density at radius 3 is 2.46 bits per heavy atom. The van der Waals surface area contributed by atoms with Gasteiger partial charge in [-0.25, -0.2) is 0 Å². The maximum Gasteiger partial charge on any atom is 0.106 e.